The van der Waals surface area contributed by atoms with Crippen molar-refractivity contribution in [1.82, 2.24) is 4.98 Å². The lowest BCUT2D eigenvalue weighted by Gasteiger charge is -2.31. The molecule has 0 aliphatic carbocycles. The zero-order valence-electron chi connectivity index (χ0n) is 32.3. The van der Waals surface area contributed by atoms with Crippen molar-refractivity contribution in [3.05, 3.63) is 167 Å². The van der Waals surface area contributed by atoms with Crippen LogP contribution in [-0.4, -0.2) is 4.98 Å². The number of aromatic nitrogens is 3. The van der Waals surface area contributed by atoms with Crippen molar-refractivity contribution in [2.75, 3.05) is 0 Å². The average Bonchev–Trinajstić information content (AvgIpc) is 3.56. The molecule has 2 aliphatic rings. The molecule has 2 aliphatic heterocycles. The van der Waals surface area contributed by atoms with Gasteiger partial charge in [-0.3, -0.25) is 0 Å². The van der Waals surface area contributed by atoms with Crippen LogP contribution in [0.5, 0.6) is 0 Å². The number of pyridine rings is 3. The highest BCUT2D eigenvalue weighted by atomic mass is 16.3. The van der Waals surface area contributed by atoms with Crippen LogP contribution in [0.1, 0.15) is 63.7 Å². The highest BCUT2D eigenvalue weighted by Crippen LogP contribution is 2.46. The first-order valence-electron chi connectivity index (χ1n) is 19.6. The van der Waals surface area contributed by atoms with E-state index in [0.717, 1.165) is 63.8 Å². The maximum Gasteiger partial charge on any atom is 0.227 e. The lowest BCUT2D eigenvalue weighted by molar-refractivity contribution is -0.719. The molecule has 0 N–H and O–H groups in total. The van der Waals surface area contributed by atoms with E-state index in [1.165, 1.54) is 61.3 Å². The molecular weight excluding hydrogens is 671 g/mol. The summed E-state index contributed by atoms with van der Waals surface area (Å²) in [5.74, 6) is 0.288. The van der Waals surface area contributed by atoms with E-state index in [-0.39, 0.29) is 12.0 Å². The first-order valence-corrected chi connectivity index (χ1v) is 19.6. The molecule has 0 amide bonds. The van der Waals surface area contributed by atoms with Crippen LogP contribution in [0.2, 0.25) is 0 Å². The number of furan rings is 1. The number of fused-ring (bicyclic) bond motifs is 13. The molecule has 0 bridgehead atoms. The third-order valence-corrected chi connectivity index (χ3v) is 12.5. The smallest absolute Gasteiger partial charge is 0.227 e. The molecule has 10 rings (SSSR count). The van der Waals surface area contributed by atoms with Crippen LogP contribution < -0.4 is 9.13 Å². The van der Waals surface area contributed by atoms with Crippen molar-refractivity contribution in [3.63, 3.8) is 0 Å². The van der Waals surface area contributed by atoms with Gasteiger partial charge in [0.2, 0.25) is 17.1 Å². The second kappa shape index (κ2) is 12.7. The molecule has 0 saturated carbocycles. The van der Waals surface area contributed by atoms with Crippen LogP contribution in [0.3, 0.4) is 0 Å². The second-order valence-corrected chi connectivity index (χ2v) is 15.9. The van der Waals surface area contributed by atoms with E-state index >= 15 is 0 Å². The third-order valence-electron chi connectivity index (χ3n) is 12.5. The van der Waals surface area contributed by atoms with Gasteiger partial charge in [0.05, 0.1) is 17.2 Å². The lowest BCUT2D eigenvalue weighted by atomic mass is 9.77. The number of nitrogens with zero attached hydrogens (tertiary/aromatic N) is 3. The highest BCUT2D eigenvalue weighted by molar-refractivity contribution is 6.09. The molecule has 0 spiro atoms. The quantitative estimate of drug-likeness (QED) is 0.167. The van der Waals surface area contributed by atoms with Gasteiger partial charge in [-0.15, -0.1) is 0 Å². The summed E-state index contributed by atoms with van der Waals surface area (Å²) in [4.78, 5) is 5.28. The van der Waals surface area contributed by atoms with E-state index in [4.69, 9.17) is 16.0 Å². The Morgan fingerprint density at radius 1 is 0.691 bits per heavy atom. The maximum absolute atomic E-state index is 7.00. The summed E-state index contributed by atoms with van der Waals surface area (Å²) in [6, 6.07) is 40.2. The molecule has 55 heavy (non-hydrogen) atoms. The van der Waals surface area contributed by atoms with Crippen LogP contribution >= 0.6 is 0 Å². The molecule has 2 atom stereocenters. The maximum atomic E-state index is 7.00. The molecule has 2 unspecified atom stereocenters. The minimum Gasteiger partial charge on any atom is -0.437 e. The average molecular weight is 716 g/mol. The van der Waals surface area contributed by atoms with Crippen LogP contribution in [0.15, 0.2) is 133 Å². The van der Waals surface area contributed by atoms with Crippen molar-refractivity contribution in [3.8, 4) is 44.9 Å². The van der Waals surface area contributed by atoms with E-state index < -0.39 is 0 Å². The van der Waals surface area contributed by atoms with Crippen LogP contribution in [0.25, 0.3) is 72.7 Å². The molecule has 4 nitrogen and oxygen atoms in total. The number of allylic oxidation sites excluding steroid dienone is 1. The summed E-state index contributed by atoms with van der Waals surface area (Å²) in [7, 11) is 0. The van der Waals surface area contributed by atoms with E-state index in [0.29, 0.717) is 5.71 Å². The molecule has 8 aromatic rings. The first-order chi connectivity index (χ1) is 26.7. The van der Waals surface area contributed by atoms with Gasteiger partial charge in [-0.1, -0.05) is 72.8 Å². The SMILES string of the molecule is C=C1CC2c3ccccc3-c3ccc(C)c[n+]3C2CCc2ccc3c(oc4nc(-c5c(C)ccc(-c6ccccc6)c5C)ccc43)c2-c2cc(C)c(C)c[n+]21. The molecule has 0 saturated heterocycles. The summed E-state index contributed by atoms with van der Waals surface area (Å²) in [5, 5.41) is 2.12. The van der Waals surface area contributed by atoms with Crippen LogP contribution in [0, 0.1) is 34.6 Å². The summed E-state index contributed by atoms with van der Waals surface area (Å²) in [6.07, 6.45) is 7.40. The van der Waals surface area contributed by atoms with Crippen molar-refractivity contribution in [1.29, 1.82) is 0 Å². The Morgan fingerprint density at radius 2 is 1.49 bits per heavy atom. The minimum absolute atomic E-state index is 0.275. The Morgan fingerprint density at radius 3 is 2.35 bits per heavy atom. The van der Waals surface area contributed by atoms with E-state index in [1.54, 1.807) is 0 Å². The van der Waals surface area contributed by atoms with Gasteiger partial charge in [-0.2, -0.15) is 9.13 Å². The van der Waals surface area contributed by atoms with Crippen molar-refractivity contribution in [2.24, 2.45) is 0 Å². The Balaban J connectivity index is 1.17. The van der Waals surface area contributed by atoms with E-state index in [1.807, 2.05) is 0 Å². The predicted molar refractivity (Wildman–Crippen MR) is 224 cm³/mol. The highest BCUT2D eigenvalue weighted by Gasteiger charge is 2.42. The number of aryl methyl sites for hydroxylation is 5. The van der Waals surface area contributed by atoms with Crippen LogP contribution in [-0.2, 0) is 6.42 Å². The summed E-state index contributed by atoms with van der Waals surface area (Å²) >= 11 is 0. The summed E-state index contributed by atoms with van der Waals surface area (Å²) < 4.78 is 11.9. The number of hydrogen-bond acceptors (Lipinski definition) is 2. The van der Waals surface area contributed by atoms with Crippen LogP contribution in [0.4, 0.5) is 0 Å². The van der Waals surface area contributed by atoms with Gasteiger partial charge < -0.3 is 4.42 Å². The molecule has 268 valence electrons. The zero-order chi connectivity index (χ0) is 37.5. The molecule has 0 radical (unpaired) electrons. The third kappa shape index (κ3) is 5.30. The number of benzene rings is 4. The Bertz CT molecular complexity index is 2880. The fourth-order valence-electron chi connectivity index (χ4n) is 9.60. The fraction of sp³-hybridized carbons (Fsp3) is 0.196. The summed E-state index contributed by atoms with van der Waals surface area (Å²) in [5.41, 5.74) is 20.9. The molecular formula is C51H45N3O+2. The predicted octanol–water partition coefficient (Wildman–Crippen LogP) is 11.9. The van der Waals surface area contributed by atoms with Gasteiger partial charge in [-0.05, 0) is 111 Å². The first kappa shape index (κ1) is 33.4. The number of hydrogen-bond donors (Lipinski definition) is 0. The van der Waals surface area contributed by atoms with E-state index in [9.17, 15) is 0 Å². The largest absolute Gasteiger partial charge is 0.437 e. The number of rotatable bonds is 2. The monoisotopic (exact) mass is 715 g/mol. The molecule has 4 heteroatoms. The van der Waals surface area contributed by atoms with Crippen molar-refractivity contribution >= 4 is 27.8 Å². The zero-order valence-corrected chi connectivity index (χ0v) is 32.3. The van der Waals surface area contributed by atoms with Gasteiger partial charge in [0.15, 0.2) is 29.7 Å². The summed E-state index contributed by atoms with van der Waals surface area (Å²) in [6.45, 7) is 15.8. The fourth-order valence-corrected chi connectivity index (χ4v) is 9.60. The second-order valence-electron chi connectivity index (χ2n) is 15.9. The minimum atomic E-state index is 0.275. The standard InChI is InChI=1S/C51H45N3O/c1-30-16-24-45-40-15-11-10-14-39(40)43-27-34(5)53-29-33(4)32(3)26-47(53)49-37(19-25-46(43)54(45)28-30)18-21-41-42-22-23-44(52-51(42)55-50(41)49)48-31(2)17-20-38(35(48)6)36-12-8-7-9-13-36/h7-18,20-24,26,28-29,43,46H,5,19,25,27H2,1-4,6H3/q+2. The van der Waals surface area contributed by atoms with Gasteiger partial charge in [0.1, 0.15) is 0 Å². The molecule has 0 fully saturated rings. The molecule has 6 heterocycles. The lowest BCUT2D eigenvalue weighted by Crippen LogP contribution is -2.49. The normalized spacial score (nSPS) is 16.3. The van der Waals surface area contributed by atoms with Crippen molar-refractivity contribution < 1.29 is 13.6 Å². The van der Waals surface area contributed by atoms with Gasteiger partial charge in [0.25, 0.3) is 0 Å². The van der Waals surface area contributed by atoms with Gasteiger partial charge in [0, 0.05) is 58.0 Å². The van der Waals surface area contributed by atoms with Crippen molar-refractivity contribution in [2.45, 2.75) is 65.8 Å². The Hall–Kier alpha value is -6.13. The molecule has 4 aromatic heterocycles. The Labute approximate surface area is 323 Å². The molecule has 4 aromatic carbocycles. The topological polar surface area (TPSA) is 33.8 Å². The van der Waals surface area contributed by atoms with Gasteiger partial charge in [-0.25, -0.2) is 4.98 Å². The van der Waals surface area contributed by atoms with E-state index in [2.05, 4.69) is 165 Å². The Kier molecular flexibility index (Phi) is 7.74. The van der Waals surface area contributed by atoms with Gasteiger partial charge >= 0.3 is 0 Å².